The molecular weight excluding hydrogens is 250 g/mol. The average Bonchev–Trinajstić information content (AvgIpc) is 2.32. The standard InChI is InChI=1S/C15H29N5/c1-9(2)12(8-20(6)7)17-15-11(5)13(16)18-14(19-15)10(3)4/h9-10,12H,8H2,1-7H3,(H3,16,17,18,19). The van der Waals surface area contributed by atoms with Crippen LogP contribution in [0.3, 0.4) is 0 Å². The Morgan fingerprint density at radius 2 is 1.75 bits per heavy atom. The van der Waals surface area contributed by atoms with Gasteiger partial charge in [0, 0.05) is 24.1 Å². The van der Waals surface area contributed by atoms with Gasteiger partial charge in [-0.1, -0.05) is 27.7 Å². The summed E-state index contributed by atoms with van der Waals surface area (Å²) in [6.07, 6.45) is 0. The number of rotatable bonds is 6. The minimum absolute atomic E-state index is 0.268. The first-order valence-corrected chi connectivity index (χ1v) is 7.27. The maximum Gasteiger partial charge on any atom is 0.135 e. The molecule has 0 aliphatic rings. The number of nitrogens with zero attached hydrogens (tertiary/aromatic N) is 3. The molecule has 0 radical (unpaired) electrons. The van der Waals surface area contributed by atoms with Crippen molar-refractivity contribution in [2.75, 3.05) is 31.7 Å². The fourth-order valence-corrected chi connectivity index (χ4v) is 1.94. The Hall–Kier alpha value is -1.36. The summed E-state index contributed by atoms with van der Waals surface area (Å²) in [7, 11) is 4.16. The number of nitrogens with one attached hydrogen (secondary N) is 1. The Bertz CT molecular complexity index is 440. The van der Waals surface area contributed by atoms with Gasteiger partial charge in [0.2, 0.25) is 0 Å². The van der Waals surface area contributed by atoms with E-state index in [0.29, 0.717) is 17.8 Å². The third-order valence-electron chi connectivity index (χ3n) is 3.41. The van der Waals surface area contributed by atoms with Crippen molar-refractivity contribution >= 4 is 11.6 Å². The van der Waals surface area contributed by atoms with Crippen molar-refractivity contribution in [2.24, 2.45) is 5.92 Å². The minimum atomic E-state index is 0.268. The summed E-state index contributed by atoms with van der Waals surface area (Å²) in [5.74, 6) is 3.00. The van der Waals surface area contributed by atoms with E-state index in [-0.39, 0.29) is 5.92 Å². The van der Waals surface area contributed by atoms with Crippen LogP contribution in [0.4, 0.5) is 11.6 Å². The van der Waals surface area contributed by atoms with E-state index in [2.05, 4.69) is 62.0 Å². The van der Waals surface area contributed by atoms with Gasteiger partial charge < -0.3 is 16.0 Å². The van der Waals surface area contributed by atoms with Gasteiger partial charge in [-0.2, -0.15) is 0 Å². The molecule has 1 rings (SSSR count). The first-order chi connectivity index (χ1) is 9.22. The lowest BCUT2D eigenvalue weighted by molar-refractivity contribution is 0.344. The van der Waals surface area contributed by atoms with Crippen molar-refractivity contribution in [3.63, 3.8) is 0 Å². The molecule has 0 aliphatic heterocycles. The zero-order valence-corrected chi connectivity index (χ0v) is 13.9. The maximum absolute atomic E-state index is 6.01. The van der Waals surface area contributed by atoms with Gasteiger partial charge in [-0.3, -0.25) is 0 Å². The number of nitrogen functional groups attached to an aromatic ring is 1. The first kappa shape index (κ1) is 16.7. The topological polar surface area (TPSA) is 67.1 Å². The van der Waals surface area contributed by atoms with Crippen molar-refractivity contribution < 1.29 is 0 Å². The summed E-state index contributed by atoms with van der Waals surface area (Å²) in [4.78, 5) is 11.2. The molecule has 5 heteroatoms. The van der Waals surface area contributed by atoms with Crippen LogP contribution in [0.1, 0.15) is 45.0 Å². The van der Waals surface area contributed by atoms with Crippen molar-refractivity contribution in [1.29, 1.82) is 0 Å². The molecule has 5 nitrogen and oxygen atoms in total. The molecule has 3 N–H and O–H groups in total. The third kappa shape index (κ3) is 4.34. The Morgan fingerprint density at radius 1 is 1.15 bits per heavy atom. The van der Waals surface area contributed by atoms with E-state index in [1.165, 1.54) is 0 Å². The smallest absolute Gasteiger partial charge is 0.135 e. The third-order valence-corrected chi connectivity index (χ3v) is 3.41. The predicted molar refractivity (Wildman–Crippen MR) is 86.1 cm³/mol. The van der Waals surface area contributed by atoms with Gasteiger partial charge in [0.05, 0.1) is 0 Å². The molecule has 1 aromatic rings. The highest BCUT2D eigenvalue weighted by Crippen LogP contribution is 2.22. The highest BCUT2D eigenvalue weighted by atomic mass is 15.1. The van der Waals surface area contributed by atoms with E-state index in [1.807, 2.05) is 6.92 Å². The second kappa shape index (κ2) is 6.88. The minimum Gasteiger partial charge on any atom is -0.383 e. The molecule has 1 unspecified atom stereocenters. The molecule has 1 atom stereocenters. The molecule has 0 amide bonds. The Kier molecular flexibility index (Phi) is 5.74. The number of hydrogen-bond donors (Lipinski definition) is 2. The van der Waals surface area contributed by atoms with Crippen LogP contribution in [0.25, 0.3) is 0 Å². The number of anilines is 2. The zero-order chi connectivity index (χ0) is 15.4. The van der Waals surface area contributed by atoms with Gasteiger partial charge in [0.25, 0.3) is 0 Å². The van der Waals surface area contributed by atoms with Crippen molar-refractivity contribution in [1.82, 2.24) is 14.9 Å². The van der Waals surface area contributed by atoms with Crippen LogP contribution in [0.5, 0.6) is 0 Å². The molecule has 0 aliphatic carbocycles. The van der Waals surface area contributed by atoms with Crippen LogP contribution in [0.2, 0.25) is 0 Å². The van der Waals surface area contributed by atoms with Crippen molar-refractivity contribution in [3.05, 3.63) is 11.4 Å². The van der Waals surface area contributed by atoms with E-state index >= 15 is 0 Å². The SMILES string of the molecule is Cc1c(N)nc(C(C)C)nc1NC(CN(C)C)C(C)C. The molecule has 0 spiro atoms. The Balaban J connectivity index is 3.05. The van der Waals surface area contributed by atoms with Crippen molar-refractivity contribution in [2.45, 2.75) is 46.6 Å². The molecule has 0 saturated carbocycles. The summed E-state index contributed by atoms with van der Waals surface area (Å²) < 4.78 is 0. The van der Waals surface area contributed by atoms with E-state index in [0.717, 1.165) is 23.8 Å². The maximum atomic E-state index is 6.01. The number of likely N-dealkylation sites (N-methyl/N-ethyl adjacent to an activating group) is 1. The highest BCUT2D eigenvalue weighted by Gasteiger charge is 2.18. The van der Waals surface area contributed by atoms with Gasteiger partial charge in [-0.05, 0) is 26.9 Å². The number of nitrogens with two attached hydrogens (primary N) is 1. The summed E-state index contributed by atoms with van der Waals surface area (Å²) >= 11 is 0. The number of aromatic nitrogens is 2. The van der Waals surface area contributed by atoms with Gasteiger partial charge in [0.15, 0.2) is 0 Å². The Labute approximate surface area is 123 Å². The van der Waals surface area contributed by atoms with Crippen LogP contribution >= 0.6 is 0 Å². The predicted octanol–water partition coefficient (Wildman–Crippen LogP) is 2.49. The zero-order valence-electron chi connectivity index (χ0n) is 13.9. The molecule has 0 aromatic carbocycles. The molecule has 0 bridgehead atoms. The lowest BCUT2D eigenvalue weighted by Crippen LogP contribution is -2.37. The van der Waals surface area contributed by atoms with Gasteiger partial charge in [-0.25, -0.2) is 9.97 Å². The second-order valence-electron chi connectivity index (χ2n) is 6.35. The van der Waals surface area contributed by atoms with Crippen LogP contribution in [-0.2, 0) is 0 Å². The van der Waals surface area contributed by atoms with Gasteiger partial charge in [0.1, 0.15) is 17.5 Å². The van der Waals surface area contributed by atoms with Crippen molar-refractivity contribution in [3.8, 4) is 0 Å². The quantitative estimate of drug-likeness (QED) is 0.837. The van der Waals surface area contributed by atoms with Crippen LogP contribution in [0.15, 0.2) is 0 Å². The molecular formula is C15H29N5. The summed E-state index contributed by atoms with van der Waals surface area (Å²) in [5.41, 5.74) is 6.94. The lowest BCUT2D eigenvalue weighted by Gasteiger charge is -2.27. The Morgan fingerprint density at radius 3 is 2.20 bits per heavy atom. The molecule has 0 fully saturated rings. The molecule has 114 valence electrons. The van der Waals surface area contributed by atoms with E-state index < -0.39 is 0 Å². The number of hydrogen-bond acceptors (Lipinski definition) is 5. The van der Waals surface area contributed by atoms with Crippen LogP contribution < -0.4 is 11.1 Å². The molecule has 1 aromatic heterocycles. The second-order valence-corrected chi connectivity index (χ2v) is 6.35. The van der Waals surface area contributed by atoms with E-state index in [9.17, 15) is 0 Å². The first-order valence-electron chi connectivity index (χ1n) is 7.27. The monoisotopic (exact) mass is 279 g/mol. The summed E-state index contributed by atoms with van der Waals surface area (Å²) in [6.45, 7) is 11.5. The molecule has 20 heavy (non-hydrogen) atoms. The van der Waals surface area contributed by atoms with Crippen LogP contribution in [-0.4, -0.2) is 41.5 Å². The summed E-state index contributed by atoms with van der Waals surface area (Å²) in [5, 5.41) is 3.54. The fourth-order valence-electron chi connectivity index (χ4n) is 1.94. The molecule has 1 heterocycles. The van der Waals surface area contributed by atoms with Gasteiger partial charge >= 0.3 is 0 Å². The fraction of sp³-hybridized carbons (Fsp3) is 0.733. The van der Waals surface area contributed by atoms with Gasteiger partial charge in [-0.15, -0.1) is 0 Å². The largest absolute Gasteiger partial charge is 0.383 e. The normalized spacial score (nSPS) is 13.3. The van der Waals surface area contributed by atoms with Crippen LogP contribution in [0, 0.1) is 12.8 Å². The lowest BCUT2D eigenvalue weighted by atomic mass is 10.0. The van der Waals surface area contributed by atoms with E-state index in [1.54, 1.807) is 0 Å². The highest BCUT2D eigenvalue weighted by molar-refractivity contribution is 5.55. The van der Waals surface area contributed by atoms with E-state index in [4.69, 9.17) is 5.73 Å². The average molecular weight is 279 g/mol. The molecule has 0 saturated heterocycles. The summed E-state index contributed by atoms with van der Waals surface area (Å²) in [6, 6.07) is 0.331.